The van der Waals surface area contributed by atoms with E-state index >= 15 is 0 Å². The SMILES string of the molecule is CCn1c(=O)cc(SCC(=O)Nc2ccccc2OC)c2ccccc21. The average molecular weight is 368 g/mol. The molecule has 1 heterocycles. The van der Waals surface area contributed by atoms with Gasteiger partial charge in [-0.2, -0.15) is 0 Å². The topological polar surface area (TPSA) is 60.3 Å². The standard InChI is InChI=1S/C20H20N2O3S/c1-3-22-16-10-6-4-8-14(16)18(12-20(22)24)26-13-19(23)21-15-9-5-7-11-17(15)25-2/h4-12H,3,13H2,1-2H3,(H,21,23). The first-order chi connectivity index (χ1) is 12.6. The molecular formula is C20H20N2O3S. The van der Waals surface area contributed by atoms with Crippen LogP contribution in [0.15, 0.2) is 64.3 Å². The molecule has 0 aliphatic rings. The Kier molecular flexibility index (Phi) is 5.63. The van der Waals surface area contributed by atoms with E-state index in [0.29, 0.717) is 18.0 Å². The number of nitrogens with one attached hydrogen (secondary N) is 1. The second-order valence-corrected chi connectivity index (χ2v) is 6.66. The van der Waals surface area contributed by atoms with Crippen LogP contribution >= 0.6 is 11.8 Å². The predicted molar refractivity (Wildman–Crippen MR) is 106 cm³/mol. The van der Waals surface area contributed by atoms with Crippen LogP contribution < -0.4 is 15.6 Å². The van der Waals surface area contributed by atoms with Gasteiger partial charge in [0.25, 0.3) is 5.56 Å². The predicted octanol–water partition coefficient (Wildman–Crippen LogP) is 3.76. The molecule has 0 fully saturated rings. The largest absolute Gasteiger partial charge is 0.495 e. The molecule has 1 N–H and O–H groups in total. The summed E-state index contributed by atoms with van der Waals surface area (Å²) in [5, 5.41) is 3.82. The molecule has 134 valence electrons. The van der Waals surface area contributed by atoms with Crippen molar-refractivity contribution >= 4 is 34.3 Å². The summed E-state index contributed by atoms with van der Waals surface area (Å²) >= 11 is 1.36. The fraction of sp³-hybridized carbons (Fsp3) is 0.200. The Labute approximate surface area is 156 Å². The van der Waals surface area contributed by atoms with Gasteiger partial charge >= 0.3 is 0 Å². The number of para-hydroxylation sites is 3. The number of fused-ring (bicyclic) bond motifs is 1. The van der Waals surface area contributed by atoms with Gasteiger partial charge in [-0.1, -0.05) is 30.3 Å². The number of ether oxygens (including phenoxy) is 1. The summed E-state index contributed by atoms with van der Waals surface area (Å²) in [4.78, 5) is 25.5. The number of hydrogen-bond acceptors (Lipinski definition) is 4. The Morgan fingerprint density at radius 3 is 2.65 bits per heavy atom. The zero-order valence-electron chi connectivity index (χ0n) is 14.7. The van der Waals surface area contributed by atoms with Crippen LogP contribution in [0.3, 0.4) is 0 Å². The molecule has 5 nitrogen and oxygen atoms in total. The van der Waals surface area contributed by atoms with Gasteiger partial charge in [0.2, 0.25) is 5.91 Å². The first kappa shape index (κ1) is 18.1. The summed E-state index contributed by atoms with van der Waals surface area (Å²) in [7, 11) is 1.56. The Hall–Kier alpha value is -2.73. The second-order valence-electron chi connectivity index (χ2n) is 5.65. The molecular weight excluding hydrogens is 348 g/mol. The number of amides is 1. The number of rotatable bonds is 6. The van der Waals surface area contributed by atoms with E-state index in [1.54, 1.807) is 29.9 Å². The summed E-state index contributed by atoms with van der Waals surface area (Å²) in [5.74, 6) is 0.669. The van der Waals surface area contributed by atoms with Gasteiger partial charge in [-0.05, 0) is 25.1 Å². The fourth-order valence-corrected chi connectivity index (χ4v) is 3.70. The molecule has 0 radical (unpaired) electrons. The van der Waals surface area contributed by atoms with Crippen LogP contribution in [0.1, 0.15) is 6.92 Å². The van der Waals surface area contributed by atoms with Crippen molar-refractivity contribution in [2.45, 2.75) is 18.4 Å². The number of carbonyl (C=O) groups is 1. The minimum absolute atomic E-state index is 0.0566. The van der Waals surface area contributed by atoms with Gasteiger partial charge < -0.3 is 14.6 Å². The molecule has 6 heteroatoms. The normalized spacial score (nSPS) is 10.7. The van der Waals surface area contributed by atoms with E-state index < -0.39 is 0 Å². The van der Waals surface area contributed by atoms with E-state index in [1.807, 2.05) is 43.3 Å². The number of nitrogens with zero attached hydrogens (tertiary/aromatic N) is 1. The lowest BCUT2D eigenvalue weighted by Crippen LogP contribution is -2.19. The van der Waals surface area contributed by atoms with Crippen LogP contribution in [0.4, 0.5) is 5.69 Å². The number of benzene rings is 2. The van der Waals surface area contributed by atoms with Gasteiger partial charge in [-0.15, -0.1) is 11.8 Å². The Bertz CT molecular complexity index is 998. The monoisotopic (exact) mass is 368 g/mol. The summed E-state index contributed by atoms with van der Waals surface area (Å²) in [5.41, 5.74) is 1.46. The molecule has 0 aliphatic carbocycles. The molecule has 0 spiro atoms. The molecule has 0 saturated carbocycles. The third-order valence-electron chi connectivity index (χ3n) is 4.04. The highest BCUT2D eigenvalue weighted by Crippen LogP contribution is 2.27. The Balaban J connectivity index is 1.80. The number of methoxy groups -OCH3 is 1. The summed E-state index contributed by atoms with van der Waals surface area (Å²) < 4.78 is 6.97. The van der Waals surface area contributed by atoms with E-state index in [-0.39, 0.29) is 17.2 Å². The average Bonchev–Trinajstić information content (AvgIpc) is 2.66. The van der Waals surface area contributed by atoms with Crippen LogP contribution in [0.25, 0.3) is 10.9 Å². The van der Waals surface area contributed by atoms with Gasteiger partial charge in [0.1, 0.15) is 5.75 Å². The number of hydrogen-bond donors (Lipinski definition) is 1. The quantitative estimate of drug-likeness (QED) is 0.673. The van der Waals surface area contributed by atoms with Gasteiger partial charge in [-0.25, -0.2) is 0 Å². The third kappa shape index (κ3) is 3.75. The van der Waals surface area contributed by atoms with Crippen LogP contribution in [0.2, 0.25) is 0 Å². The first-order valence-electron chi connectivity index (χ1n) is 8.32. The van der Waals surface area contributed by atoms with Crippen molar-refractivity contribution in [2.24, 2.45) is 0 Å². The summed E-state index contributed by atoms with van der Waals surface area (Å²) in [6, 6.07) is 16.6. The van der Waals surface area contributed by atoms with Crippen molar-refractivity contribution in [3.63, 3.8) is 0 Å². The lowest BCUT2D eigenvalue weighted by Gasteiger charge is -2.12. The van der Waals surface area contributed by atoms with Gasteiger partial charge in [0.15, 0.2) is 0 Å². The van der Waals surface area contributed by atoms with E-state index in [2.05, 4.69) is 5.32 Å². The maximum Gasteiger partial charge on any atom is 0.252 e. The third-order valence-corrected chi connectivity index (χ3v) is 5.09. The van der Waals surface area contributed by atoms with Crippen molar-refractivity contribution in [3.05, 3.63) is 65.0 Å². The minimum Gasteiger partial charge on any atom is -0.495 e. The molecule has 0 aliphatic heterocycles. The molecule has 0 saturated heterocycles. The number of carbonyl (C=O) groups excluding carboxylic acids is 1. The van der Waals surface area contributed by atoms with E-state index in [9.17, 15) is 9.59 Å². The van der Waals surface area contributed by atoms with Crippen LogP contribution in [0, 0.1) is 0 Å². The highest BCUT2D eigenvalue weighted by atomic mass is 32.2. The zero-order chi connectivity index (χ0) is 18.5. The highest BCUT2D eigenvalue weighted by Gasteiger charge is 2.11. The molecule has 26 heavy (non-hydrogen) atoms. The maximum atomic E-state index is 12.3. The Morgan fingerprint density at radius 1 is 1.15 bits per heavy atom. The second kappa shape index (κ2) is 8.10. The number of thioether (sulfide) groups is 1. The van der Waals surface area contributed by atoms with Crippen LogP contribution in [-0.2, 0) is 11.3 Å². The van der Waals surface area contributed by atoms with Gasteiger partial charge in [0, 0.05) is 22.9 Å². The Morgan fingerprint density at radius 2 is 1.88 bits per heavy atom. The lowest BCUT2D eigenvalue weighted by atomic mass is 10.2. The van der Waals surface area contributed by atoms with E-state index in [0.717, 1.165) is 15.8 Å². The van der Waals surface area contributed by atoms with Crippen molar-refractivity contribution < 1.29 is 9.53 Å². The molecule has 1 aromatic heterocycles. The fourth-order valence-electron chi connectivity index (χ4n) is 2.83. The van der Waals surface area contributed by atoms with Crippen molar-refractivity contribution in [2.75, 3.05) is 18.2 Å². The van der Waals surface area contributed by atoms with Crippen molar-refractivity contribution in [1.82, 2.24) is 4.57 Å². The summed E-state index contributed by atoms with van der Waals surface area (Å²) in [6.45, 7) is 2.56. The van der Waals surface area contributed by atoms with Crippen molar-refractivity contribution in [3.8, 4) is 5.75 Å². The number of pyridine rings is 1. The highest BCUT2D eigenvalue weighted by molar-refractivity contribution is 8.00. The van der Waals surface area contributed by atoms with Gasteiger partial charge in [0.05, 0.1) is 24.1 Å². The smallest absolute Gasteiger partial charge is 0.252 e. The lowest BCUT2D eigenvalue weighted by molar-refractivity contribution is -0.113. The van der Waals surface area contributed by atoms with Crippen molar-refractivity contribution in [1.29, 1.82) is 0 Å². The molecule has 0 atom stereocenters. The van der Waals surface area contributed by atoms with E-state index in [1.165, 1.54) is 11.8 Å². The maximum absolute atomic E-state index is 12.3. The number of anilines is 1. The molecule has 2 aromatic carbocycles. The minimum atomic E-state index is -0.150. The van der Waals surface area contributed by atoms with E-state index in [4.69, 9.17) is 4.74 Å². The molecule has 0 bridgehead atoms. The molecule has 3 aromatic rings. The zero-order valence-corrected chi connectivity index (χ0v) is 15.5. The van der Waals surface area contributed by atoms with Crippen LogP contribution in [0.5, 0.6) is 5.75 Å². The molecule has 0 unspecified atom stereocenters. The van der Waals surface area contributed by atoms with Gasteiger partial charge in [-0.3, -0.25) is 9.59 Å². The first-order valence-corrected chi connectivity index (χ1v) is 9.31. The number of aromatic nitrogens is 1. The number of aryl methyl sites for hydroxylation is 1. The molecule has 3 rings (SSSR count). The van der Waals surface area contributed by atoms with Crippen LogP contribution in [-0.4, -0.2) is 23.3 Å². The molecule has 1 amide bonds. The summed E-state index contributed by atoms with van der Waals surface area (Å²) in [6.07, 6.45) is 0.